The number of rotatable bonds is 9. The maximum atomic E-state index is 5.57. The average Bonchev–Trinajstić information content (AvgIpc) is 2.57. The van der Waals surface area contributed by atoms with Crippen molar-refractivity contribution in [3.63, 3.8) is 0 Å². The Kier molecular flexibility index (Phi) is 7.58. The Hall–Kier alpha value is -1.90. The fourth-order valence-electron chi connectivity index (χ4n) is 2.16. The maximum Gasteiger partial charge on any atom is 0.130 e. The SMILES string of the molecule is C#CC(C)N(CCOC)Cc1c(OC)cc(OC)cc1OC. The van der Waals surface area contributed by atoms with E-state index in [1.807, 2.05) is 19.1 Å². The standard InChI is InChI=1S/C17H25NO4/c1-7-13(2)18(8-9-19-3)12-15-16(21-5)10-14(20-4)11-17(15)22-6/h1,10-11,13H,8-9,12H2,2-6H3. The zero-order valence-electron chi connectivity index (χ0n) is 14.0. The summed E-state index contributed by atoms with van der Waals surface area (Å²) in [6.07, 6.45) is 5.57. The van der Waals surface area contributed by atoms with Crippen LogP contribution in [0.5, 0.6) is 17.2 Å². The monoisotopic (exact) mass is 307 g/mol. The van der Waals surface area contributed by atoms with E-state index < -0.39 is 0 Å². The van der Waals surface area contributed by atoms with E-state index in [1.54, 1.807) is 28.4 Å². The minimum absolute atomic E-state index is 0.0216. The summed E-state index contributed by atoms with van der Waals surface area (Å²) in [5.41, 5.74) is 0.934. The first kappa shape index (κ1) is 18.1. The zero-order chi connectivity index (χ0) is 16.5. The molecule has 5 nitrogen and oxygen atoms in total. The number of hydrogen-bond acceptors (Lipinski definition) is 5. The van der Waals surface area contributed by atoms with Crippen molar-refractivity contribution in [2.75, 3.05) is 41.6 Å². The van der Waals surface area contributed by atoms with Gasteiger partial charge in [-0.05, 0) is 6.92 Å². The first-order valence-corrected chi connectivity index (χ1v) is 7.09. The van der Waals surface area contributed by atoms with Crippen molar-refractivity contribution in [2.45, 2.75) is 19.5 Å². The van der Waals surface area contributed by atoms with Crippen LogP contribution in [0.3, 0.4) is 0 Å². The molecule has 0 heterocycles. The predicted octanol–water partition coefficient (Wildman–Crippen LogP) is 2.18. The van der Waals surface area contributed by atoms with Crippen LogP contribution in [0.15, 0.2) is 12.1 Å². The largest absolute Gasteiger partial charge is 0.496 e. The molecule has 1 atom stereocenters. The Morgan fingerprint density at radius 2 is 1.68 bits per heavy atom. The summed E-state index contributed by atoms with van der Waals surface area (Å²) in [4.78, 5) is 2.14. The van der Waals surface area contributed by atoms with Gasteiger partial charge in [0.1, 0.15) is 17.2 Å². The van der Waals surface area contributed by atoms with Gasteiger partial charge < -0.3 is 18.9 Å². The van der Waals surface area contributed by atoms with E-state index in [2.05, 4.69) is 10.8 Å². The second-order valence-electron chi connectivity index (χ2n) is 4.82. The van der Waals surface area contributed by atoms with E-state index in [1.165, 1.54) is 0 Å². The van der Waals surface area contributed by atoms with Gasteiger partial charge in [0.15, 0.2) is 0 Å². The lowest BCUT2D eigenvalue weighted by atomic mass is 10.1. The Bertz CT molecular complexity index is 485. The number of benzene rings is 1. The van der Waals surface area contributed by atoms with Crippen LogP contribution in [-0.2, 0) is 11.3 Å². The molecular formula is C17H25NO4. The molecule has 22 heavy (non-hydrogen) atoms. The van der Waals surface area contributed by atoms with Gasteiger partial charge in [-0.3, -0.25) is 4.90 Å². The van der Waals surface area contributed by atoms with Crippen molar-refractivity contribution >= 4 is 0 Å². The fraction of sp³-hybridized carbons (Fsp3) is 0.529. The molecule has 122 valence electrons. The Morgan fingerprint density at radius 1 is 1.09 bits per heavy atom. The van der Waals surface area contributed by atoms with E-state index in [0.29, 0.717) is 30.4 Å². The van der Waals surface area contributed by atoms with E-state index in [-0.39, 0.29) is 6.04 Å². The third kappa shape index (κ3) is 4.55. The highest BCUT2D eigenvalue weighted by Crippen LogP contribution is 2.35. The molecule has 0 saturated heterocycles. The summed E-state index contributed by atoms with van der Waals surface area (Å²) in [5.74, 6) is 4.86. The van der Waals surface area contributed by atoms with Crippen LogP contribution in [-0.4, -0.2) is 52.5 Å². The number of nitrogens with zero attached hydrogens (tertiary/aromatic N) is 1. The molecule has 0 radical (unpaired) electrons. The normalized spacial score (nSPS) is 11.9. The van der Waals surface area contributed by atoms with Crippen molar-refractivity contribution < 1.29 is 18.9 Å². The van der Waals surface area contributed by atoms with Crippen molar-refractivity contribution in [3.05, 3.63) is 17.7 Å². The van der Waals surface area contributed by atoms with Gasteiger partial charge in [0, 0.05) is 32.3 Å². The predicted molar refractivity (Wildman–Crippen MR) is 86.7 cm³/mol. The summed E-state index contributed by atoms with van der Waals surface area (Å²) < 4.78 is 21.4. The fourth-order valence-corrected chi connectivity index (χ4v) is 2.16. The molecule has 0 aromatic heterocycles. The lowest BCUT2D eigenvalue weighted by molar-refractivity contribution is 0.133. The molecule has 5 heteroatoms. The topological polar surface area (TPSA) is 40.2 Å². The van der Waals surface area contributed by atoms with Gasteiger partial charge in [-0.1, -0.05) is 5.92 Å². The lowest BCUT2D eigenvalue weighted by Crippen LogP contribution is -2.34. The third-order valence-electron chi connectivity index (χ3n) is 3.55. The summed E-state index contributed by atoms with van der Waals surface area (Å²) in [7, 11) is 6.54. The van der Waals surface area contributed by atoms with E-state index in [9.17, 15) is 0 Å². The van der Waals surface area contributed by atoms with Gasteiger partial charge in [-0.15, -0.1) is 6.42 Å². The molecule has 1 unspecified atom stereocenters. The summed E-state index contributed by atoms with van der Waals surface area (Å²) in [6, 6.07) is 3.66. The van der Waals surface area contributed by atoms with Crippen LogP contribution >= 0.6 is 0 Å². The second-order valence-corrected chi connectivity index (χ2v) is 4.82. The molecule has 0 amide bonds. The third-order valence-corrected chi connectivity index (χ3v) is 3.55. The van der Waals surface area contributed by atoms with Gasteiger partial charge in [-0.25, -0.2) is 0 Å². The average molecular weight is 307 g/mol. The van der Waals surface area contributed by atoms with E-state index >= 15 is 0 Å². The highest BCUT2D eigenvalue weighted by atomic mass is 16.5. The zero-order valence-corrected chi connectivity index (χ0v) is 14.0. The summed E-state index contributed by atoms with van der Waals surface area (Å²) in [5, 5.41) is 0. The Balaban J connectivity index is 3.14. The molecule has 1 rings (SSSR count). The molecule has 0 fully saturated rings. The van der Waals surface area contributed by atoms with Gasteiger partial charge in [0.25, 0.3) is 0 Å². The molecule has 0 aliphatic rings. The molecule has 1 aromatic carbocycles. The summed E-state index contributed by atoms with van der Waals surface area (Å²) >= 11 is 0. The van der Waals surface area contributed by atoms with E-state index in [4.69, 9.17) is 25.4 Å². The van der Waals surface area contributed by atoms with Crippen LogP contribution in [0.1, 0.15) is 12.5 Å². The molecular weight excluding hydrogens is 282 g/mol. The van der Waals surface area contributed by atoms with Crippen LogP contribution in [0, 0.1) is 12.3 Å². The van der Waals surface area contributed by atoms with E-state index in [0.717, 1.165) is 12.1 Å². The Labute approximate surface area is 133 Å². The molecule has 0 N–H and O–H groups in total. The molecule has 0 saturated carbocycles. The number of methoxy groups -OCH3 is 4. The van der Waals surface area contributed by atoms with Gasteiger partial charge in [0.2, 0.25) is 0 Å². The smallest absolute Gasteiger partial charge is 0.130 e. The van der Waals surface area contributed by atoms with Crippen molar-refractivity contribution in [2.24, 2.45) is 0 Å². The minimum Gasteiger partial charge on any atom is -0.496 e. The second kappa shape index (κ2) is 9.19. The molecule has 1 aromatic rings. The van der Waals surface area contributed by atoms with Crippen LogP contribution in [0.4, 0.5) is 0 Å². The van der Waals surface area contributed by atoms with Crippen molar-refractivity contribution in [1.82, 2.24) is 4.90 Å². The first-order valence-electron chi connectivity index (χ1n) is 7.09. The lowest BCUT2D eigenvalue weighted by Gasteiger charge is -2.27. The minimum atomic E-state index is -0.0216. The first-order chi connectivity index (χ1) is 10.6. The van der Waals surface area contributed by atoms with Crippen LogP contribution in [0.2, 0.25) is 0 Å². The van der Waals surface area contributed by atoms with Gasteiger partial charge >= 0.3 is 0 Å². The van der Waals surface area contributed by atoms with Crippen LogP contribution < -0.4 is 14.2 Å². The van der Waals surface area contributed by atoms with Crippen LogP contribution in [0.25, 0.3) is 0 Å². The van der Waals surface area contributed by atoms with Gasteiger partial charge in [0.05, 0.1) is 39.5 Å². The molecule has 0 bridgehead atoms. The van der Waals surface area contributed by atoms with Gasteiger partial charge in [-0.2, -0.15) is 0 Å². The van der Waals surface area contributed by atoms with Crippen molar-refractivity contribution in [1.29, 1.82) is 0 Å². The quantitative estimate of drug-likeness (QED) is 0.654. The molecule has 0 spiro atoms. The Morgan fingerprint density at radius 3 is 2.09 bits per heavy atom. The number of terminal acetylenes is 1. The highest BCUT2D eigenvalue weighted by molar-refractivity contribution is 5.50. The molecule has 0 aliphatic carbocycles. The van der Waals surface area contributed by atoms with Crippen molar-refractivity contribution in [3.8, 4) is 29.6 Å². The highest BCUT2D eigenvalue weighted by Gasteiger charge is 2.19. The molecule has 0 aliphatic heterocycles. The summed E-state index contributed by atoms with van der Waals surface area (Å²) in [6.45, 7) is 3.91. The maximum absolute atomic E-state index is 5.57. The number of hydrogen-bond donors (Lipinski definition) is 0. The number of ether oxygens (including phenoxy) is 4.